The molecule has 2 N–H and O–H groups in total. The Bertz CT molecular complexity index is 1090. The van der Waals surface area contributed by atoms with Crippen LogP contribution in [0.4, 0.5) is 5.69 Å². The summed E-state index contributed by atoms with van der Waals surface area (Å²) in [4.78, 5) is 25.6. The summed E-state index contributed by atoms with van der Waals surface area (Å²) in [7, 11) is 3.15. The molecule has 1 amide bonds. The van der Waals surface area contributed by atoms with Crippen LogP contribution in [0.1, 0.15) is 32.5 Å². The number of amides is 1. The van der Waals surface area contributed by atoms with Gasteiger partial charge in [-0.15, -0.1) is 11.3 Å². The molecule has 0 fully saturated rings. The molecule has 4 rings (SSSR count). The Balaban J connectivity index is 1.96. The Morgan fingerprint density at radius 2 is 1.90 bits per heavy atom. The molecular weight excluding hydrogens is 390 g/mol. The van der Waals surface area contributed by atoms with Gasteiger partial charge in [0, 0.05) is 28.3 Å². The third-order valence-corrected chi connectivity index (χ3v) is 6.27. The van der Waals surface area contributed by atoms with Crippen molar-refractivity contribution in [1.29, 1.82) is 0 Å². The lowest BCUT2D eigenvalue weighted by Crippen LogP contribution is -2.22. The van der Waals surface area contributed by atoms with Gasteiger partial charge in [0.2, 0.25) is 5.91 Å². The monoisotopic (exact) mass is 409 g/mol. The summed E-state index contributed by atoms with van der Waals surface area (Å²) in [6, 6.07) is 14.7. The van der Waals surface area contributed by atoms with Gasteiger partial charge in [0.05, 0.1) is 19.9 Å². The largest absolute Gasteiger partial charge is 0.497 e. The molecule has 0 bridgehead atoms. The molecule has 2 heterocycles. The number of nitrogens with one attached hydrogen (secondary N) is 1. The highest BCUT2D eigenvalue weighted by Crippen LogP contribution is 2.51. The lowest BCUT2D eigenvalue weighted by molar-refractivity contribution is -0.116. The molecular formula is C22H19NO5S. The molecule has 1 aromatic heterocycles. The molecule has 6 nitrogen and oxygen atoms in total. The van der Waals surface area contributed by atoms with Crippen LogP contribution in [0.2, 0.25) is 0 Å². The molecule has 1 aliphatic rings. The molecule has 7 heteroatoms. The molecule has 0 saturated carbocycles. The first-order chi connectivity index (χ1) is 14.0. The topological polar surface area (TPSA) is 84.9 Å². The molecule has 0 aliphatic carbocycles. The minimum Gasteiger partial charge on any atom is -0.497 e. The number of carboxylic acids is 1. The van der Waals surface area contributed by atoms with E-state index in [4.69, 9.17) is 9.47 Å². The molecule has 29 heavy (non-hydrogen) atoms. The summed E-state index contributed by atoms with van der Waals surface area (Å²) < 4.78 is 10.9. The zero-order valence-corrected chi connectivity index (χ0v) is 16.7. The van der Waals surface area contributed by atoms with Crippen LogP contribution < -0.4 is 14.8 Å². The first kappa shape index (κ1) is 19.0. The Hall–Kier alpha value is -3.32. The van der Waals surface area contributed by atoms with E-state index in [0.717, 1.165) is 16.0 Å². The molecule has 3 aromatic rings. The fraction of sp³-hybridized carbons (Fsp3) is 0.182. The van der Waals surface area contributed by atoms with E-state index < -0.39 is 5.97 Å². The van der Waals surface area contributed by atoms with Crippen LogP contribution in [0, 0.1) is 0 Å². The van der Waals surface area contributed by atoms with E-state index in [9.17, 15) is 14.7 Å². The summed E-state index contributed by atoms with van der Waals surface area (Å²) in [6.45, 7) is 0. The van der Waals surface area contributed by atoms with Crippen molar-refractivity contribution in [2.24, 2.45) is 0 Å². The van der Waals surface area contributed by atoms with E-state index in [1.54, 1.807) is 26.4 Å². The van der Waals surface area contributed by atoms with Gasteiger partial charge in [-0.05, 0) is 23.8 Å². The summed E-state index contributed by atoms with van der Waals surface area (Å²) in [6.07, 6.45) is 0.199. The van der Waals surface area contributed by atoms with Crippen molar-refractivity contribution >= 4 is 28.9 Å². The maximum absolute atomic E-state index is 12.6. The number of benzene rings is 2. The lowest BCUT2D eigenvalue weighted by Gasteiger charge is -2.25. The highest BCUT2D eigenvalue weighted by Gasteiger charge is 2.35. The molecule has 2 aromatic carbocycles. The zero-order valence-electron chi connectivity index (χ0n) is 15.9. The van der Waals surface area contributed by atoms with Crippen LogP contribution >= 0.6 is 11.3 Å². The smallest absolute Gasteiger partial charge is 0.346 e. The average molecular weight is 409 g/mol. The lowest BCUT2D eigenvalue weighted by atomic mass is 9.88. The van der Waals surface area contributed by atoms with Gasteiger partial charge in [-0.25, -0.2) is 4.79 Å². The fourth-order valence-electron chi connectivity index (χ4n) is 3.68. The SMILES string of the molecule is COc1ccc(OC)c(C2CC(=O)Nc3c2sc(C(=O)O)c3-c2ccccc2)c1. The zero-order chi connectivity index (χ0) is 20.5. The average Bonchev–Trinajstić information content (AvgIpc) is 3.13. The number of fused-ring (bicyclic) bond motifs is 1. The van der Waals surface area contributed by atoms with E-state index in [-0.39, 0.29) is 23.1 Å². The third-order valence-electron chi connectivity index (χ3n) is 4.97. The number of carboxylic acid groups (broad SMARTS) is 1. The Labute approximate surface area is 171 Å². The summed E-state index contributed by atoms with van der Waals surface area (Å²) in [5, 5.41) is 12.7. The van der Waals surface area contributed by atoms with E-state index >= 15 is 0 Å². The molecule has 0 saturated heterocycles. The van der Waals surface area contributed by atoms with E-state index in [0.29, 0.717) is 22.7 Å². The fourth-order valence-corrected chi connectivity index (χ4v) is 4.92. The standard InChI is InChI=1S/C22H19NO5S/c1-27-13-8-9-16(28-2)14(10-13)15-11-17(24)23-19-18(12-6-4-3-5-7-12)21(22(25)26)29-20(15)19/h3-10,15H,11H2,1-2H3,(H,23,24)(H,25,26). The van der Waals surface area contributed by atoms with Crippen molar-refractivity contribution in [3.05, 3.63) is 63.8 Å². The van der Waals surface area contributed by atoms with Crippen LogP contribution in [0.3, 0.4) is 0 Å². The van der Waals surface area contributed by atoms with Gasteiger partial charge in [-0.3, -0.25) is 4.79 Å². The van der Waals surface area contributed by atoms with Crippen LogP contribution in [-0.4, -0.2) is 31.2 Å². The number of ether oxygens (including phenoxy) is 2. The van der Waals surface area contributed by atoms with Crippen molar-refractivity contribution in [3.8, 4) is 22.6 Å². The highest BCUT2D eigenvalue weighted by atomic mass is 32.1. The van der Waals surface area contributed by atoms with Gasteiger partial charge in [0.25, 0.3) is 0 Å². The minimum absolute atomic E-state index is 0.167. The second-order valence-corrected chi connectivity index (χ2v) is 7.68. The van der Waals surface area contributed by atoms with Gasteiger partial charge in [0.1, 0.15) is 16.4 Å². The number of anilines is 1. The first-order valence-corrected chi connectivity index (χ1v) is 9.82. The number of rotatable bonds is 5. The van der Waals surface area contributed by atoms with Gasteiger partial charge in [-0.2, -0.15) is 0 Å². The van der Waals surface area contributed by atoms with Gasteiger partial charge < -0.3 is 19.9 Å². The molecule has 0 radical (unpaired) electrons. The number of carbonyl (C=O) groups excluding carboxylic acids is 1. The third kappa shape index (κ3) is 3.34. The van der Waals surface area contributed by atoms with E-state index in [1.165, 1.54) is 11.3 Å². The van der Waals surface area contributed by atoms with Crippen LogP contribution in [0.25, 0.3) is 11.1 Å². The number of thiophene rings is 1. The van der Waals surface area contributed by atoms with Crippen LogP contribution in [0.5, 0.6) is 11.5 Å². The van der Waals surface area contributed by atoms with Gasteiger partial charge in [-0.1, -0.05) is 30.3 Å². The predicted molar refractivity (Wildman–Crippen MR) is 111 cm³/mol. The normalized spacial score (nSPS) is 15.4. The molecule has 1 aliphatic heterocycles. The van der Waals surface area contributed by atoms with Crippen LogP contribution in [-0.2, 0) is 4.79 Å². The van der Waals surface area contributed by atoms with Crippen LogP contribution in [0.15, 0.2) is 48.5 Å². The Morgan fingerprint density at radius 3 is 2.55 bits per heavy atom. The van der Waals surface area contributed by atoms with Crippen molar-refractivity contribution in [3.63, 3.8) is 0 Å². The second-order valence-electron chi connectivity index (χ2n) is 6.63. The maximum Gasteiger partial charge on any atom is 0.346 e. The molecule has 148 valence electrons. The first-order valence-electron chi connectivity index (χ1n) is 9.00. The predicted octanol–water partition coefficient (Wildman–Crippen LogP) is 4.60. The summed E-state index contributed by atoms with van der Waals surface area (Å²) in [5.41, 5.74) is 2.64. The van der Waals surface area contributed by atoms with Crippen molar-refractivity contribution < 1.29 is 24.2 Å². The second kappa shape index (κ2) is 7.60. The highest BCUT2D eigenvalue weighted by molar-refractivity contribution is 7.15. The van der Waals surface area contributed by atoms with Gasteiger partial charge in [0.15, 0.2) is 0 Å². The van der Waals surface area contributed by atoms with Crippen molar-refractivity contribution in [2.45, 2.75) is 12.3 Å². The van der Waals surface area contributed by atoms with E-state index in [1.807, 2.05) is 36.4 Å². The van der Waals surface area contributed by atoms with E-state index in [2.05, 4.69) is 5.32 Å². The van der Waals surface area contributed by atoms with Crippen molar-refractivity contribution in [2.75, 3.05) is 19.5 Å². The summed E-state index contributed by atoms with van der Waals surface area (Å²) in [5.74, 6) is -0.243. The minimum atomic E-state index is -1.02. The number of hydrogen-bond donors (Lipinski definition) is 2. The Morgan fingerprint density at radius 1 is 1.14 bits per heavy atom. The Kier molecular flexibility index (Phi) is 4.98. The maximum atomic E-state index is 12.6. The molecule has 1 unspecified atom stereocenters. The number of carbonyl (C=O) groups is 2. The number of hydrogen-bond acceptors (Lipinski definition) is 5. The molecule has 1 atom stereocenters. The number of methoxy groups -OCH3 is 2. The molecule has 0 spiro atoms. The summed E-state index contributed by atoms with van der Waals surface area (Å²) >= 11 is 1.19. The van der Waals surface area contributed by atoms with Crippen molar-refractivity contribution in [1.82, 2.24) is 0 Å². The quantitative estimate of drug-likeness (QED) is 0.643. The number of aromatic carboxylic acids is 1. The van der Waals surface area contributed by atoms with Gasteiger partial charge >= 0.3 is 5.97 Å².